The third-order valence-electron chi connectivity index (χ3n) is 4.32. The Bertz CT molecular complexity index is 729. The van der Waals surface area contributed by atoms with Crippen molar-refractivity contribution in [3.63, 3.8) is 0 Å². The average molecular weight is 377 g/mol. The molecule has 1 aromatic heterocycles. The lowest BCUT2D eigenvalue weighted by molar-refractivity contribution is -0.115. The highest BCUT2D eigenvalue weighted by Crippen LogP contribution is 2.33. The van der Waals surface area contributed by atoms with Gasteiger partial charge in [0.1, 0.15) is 0 Å². The third-order valence-corrected chi connectivity index (χ3v) is 6.36. The Morgan fingerprint density at radius 1 is 1.32 bits per heavy atom. The van der Waals surface area contributed by atoms with Crippen LogP contribution in [0.25, 0.3) is 0 Å². The number of aromatic nitrogens is 2. The van der Waals surface area contributed by atoms with Crippen LogP contribution in [0.15, 0.2) is 28.6 Å². The molecule has 5 nitrogen and oxygen atoms in total. The lowest BCUT2D eigenvalue weighted by atomic mass is 9.97. The van der Waals surface area contributed by atoms with E-state index in [1.54, 1.807) is 0 Å². The number of thioether (sulfide) groups is 1. The maximum absolute atomic E-state index is 12.6. The van der Waals surface area contributed by atoms with Gasteiger partial charge in [-0.05, 0) is 43.7 Å². The first-order chi connectivity index (χ1) is 12.1. The second kappa shape index (κ2) is 8.19. The zero-order chi connectivity index (χ0) is 17.8. The molecule has 1 heterocycles. The SMILES string of the molecule is CCC(C)c1ccccc1NC(=O)C(C)Sc1nnc(NC2CC2)s1. The van der Waals surface area contributed by atoms with Crippen molar-refractivity contribution in [2.24, 2.45) is 0 Å². The molecule has 1 aliphatic carbocycles. The lowest BCUT2D eigenvalue weighted by Gasteiger charge is -2.17. The predicted molar refractivity (Wildman–Crippen MR) is 106 cm³/mol. The molecule has 7 heteroatoms. The molecule has 2 N–H and O–H groups in total. The van der Waals surface area contributed by atoms with Crippen LogP contribution in [0.2, 0.25) is 0 Å². The van der Waals surface area contributed by atoms with Crippen molar-refractivity contribution in [2.45, 2.75) is 61.6 Å². The molecular formula is C18H24N4OS2. The van der Waals surface area contributed by atoms with E-state index in [2.05, 4.69) is 40.7 Å². The predicted octanol–water partition coefficient (Wildman–Crippen LogP) is 4.75. The van der Waals surface area contributed by atoms with E-state index in [4.69, 9.17) is 0 Å². The summed E-state index contributed by atoms with van der Waals surface area (Å²) >= 11 is 2.97. The fourth-order valence-electron chi connectivity index (χ4n) is 2.42. The molecule has 0 aliphatic heterocycles. The van der Waals surface area contributed by atoms with Gasteiger partial charge in [0.2, 0.25) is 11.0 Å². The van der Waals surface area contributed by atoms with Crippen LogP contribution in [0.3, 0.4) is 0 Å². The summed E-state index contributed by atoms with van der Waals surface area (Å²) in [6, 6.07) is 8.59. The minimum atomic E-state index is -0.230. The monoisotopic (exact) mass is 376 g/mol. The Hall–Kier alpha value is -1.60. The van der Waals surface area contributed by atoms with Gasteiger partial charge in [-0.3, -0.25) is 4.79 Å². The molecule has 3 rings (SSSR count). The Labute approximate surface area is 157 Å². The van der Waals surface area contributed by atoms with Gasteiger partial charge in [-0.2, -0.15) is 0 Å². The van der Waals surface area contributed by atoms with Crippen molar-refractivity contribution < 1.29 is 4.79 Å². The topological polar surface area (TPSA) is 66.9 Å². The molecule has 134 valence electrons. The van der Waals surface area contributed by atoms with E-state index in [0.29, 0.717) is 12.0 Å². The van der Waals surface area contributed by atoms with Crippen molar-refractivity contribution in [1.82, 2.24) is 10.2 Å². The number of hydrogen-bond acceptors (Lipinski definition) is 6. The Morgan fingerprint density at radius 3 is 2.80 bits per heavy atom. The van der Waals surface area contributed by atoms with E-state index in [0.717, 1.165) is 21.6 Å². The van der Waals surface area contributed by atoms with Crippen LogP contribution >= 0.6 is 23.1 Å². The van der Waals surface area contributed by atoms with Gasteiger partial charge < -0.3 is 10.6 Å². The van der Waals surface area contributed by atoms with Crippen molar-refractivity contribution in [1.29, 1.82) is 0 Å². The first-order valence-electron chi connectivity index (χ1n) is 8.73. The van der Waals surface area contributed by atoms with E-state index < -0.39 is 0 Å². The van der Waals surface area contributed by atoms with Gasteiger partial charge in [-0.25, -0.2) is 0 Å². The quantitative estimate of drug-likeness (QED) is 0.651. The van der Waals surface area contributed by atoms with Crippen LogP contribution in [0.5, 0.6) is 0 Å². The number of hydrogen-bond donors (Lipinski definition) is 2. The summed E-state index contributed by atoms with van der Waals surface area (Å²) in [6.07, 6.45) is 3.45. The lowest BCUT2D eigenvalue weighted by Crippen LogP contribution is -2.23. The van der Waals surface area contributed by atoms with Gasteiger partial charge >= 0.3 is 0 Å². The first-order valence-corrected chi connectivity index (χ1v) is 10.4. The summed E-state index contributed by atoms with van der Waals surface area (Å²) in [4.78, 5) is 12.6. The number of nitrogens with zero attached hydrogens (tertiary/aromatic N) is 2. The molecule has 2 unspecified atom stereocenters. The molecule has 1 aromatic carbocycles. The van der Waals surface area contributed by atoms with Gasteiger partial charge in [0.15, 0.2) is 4.34 Å². The molecule has 25 heavy (non-hydrogen) atoms. The number of carbonyl (C=O) groups is 1. The second-order valence-electron chi connectivity index (χ2n) is 6.44. The zero-order valence-electron chi connectivity index (χ0n) is 14.8. The van der Waals surface area contributed by atoms with Crippen LogP contribution in [0, 0.1) is 0 Å². The highest BCUT2D eigenvalue weighted by Gasteiger charge is 2.23. The van der Waals surface area contributed by atoms with Gasteiger partial charge in [0.05, 0.1) is 5.25 Å². The molecule has 0 saturated heterocycles. The van der Waals surface area contributed by atoms with E-state index in [-0.39, 0.29) is 11.2 Å². The zero-order valence-corrected chi connectivity index (χ0v) is 16.4. The molecular weight excluding hydrogens is 352 g/mol. The summed E-state index contributed by atoms with van der Waals surface area (Å²) < 4.78 is 0.820. The molecule has 1 aliphatic rings. The van der Waals surface area contributed by atoms with Crippen LogP contribution < -0.4 is 10.6 Å². The second-order valence-corrected chi connectivity index (χ2v) is 9.00. The molecule has 0 spiro atoms. The fraction of sp³-hybridized carbons (Fsp3) is 0.500. The Morgan fingerprint density at radius 2 is 2.08 bits per heavy atom. The van der Waals surface area contributed by atoms with E-state index in [9.17, 15) is 4.79 Å². The number of nitrogens with one attached hydrogen (secondary N) is 2. The minimum absolute atomic E-state index is 0.00680. The molecule has 0 bridgehead atoms. The molecule has 1 fully saturated rings. The van der Waals surface area contributed by atoms with E-state index in [1.807, 2.05) is 25.1 Å². The van der Waals surface area contributed by atoms with Gasteiger partial charge in [-0.1, -0.05) is 55.1 Å². The largest absolute Gasteiger partial charge is 0.357 e. The molecule has 1 saturated carbocycles. The summed E-state index contributed by atoms with van der Waals surface area (Å²) in [5.41, 5.74) is 2.09. The van der Waals surface area contributed by atoms with Crippen LogP contribution in [-0.2, 0) is 4.79 Å². The number of benzene rings is 1. The summed E-state index contributed by atoms with van der Waals surface area (Å²) in [6.45, 7) is 6.24. The van der Waals surface area contributed by atoms with Crippen molar-refractivity contribution in [2.75, 3.05) is 10.6 Å². The number of para-hydroxylation sites is 1. The van der Waals surface area contributed by atoms with Gasteiger partial charge in [-0.15, -0.1) is 10.2 Å². The van der Waals surface area contributed by atoms with Crippen LogP contribution in [0.4, 0.5) is 10.8 Å². The normalized spacial score (nSPS) is 16.3. The number of anilines is 2. The Balaban J connectivity index is 1.60. The number of amides is 1. The highest BCUT2D eigenvalue weighted by molar-refractivity contribution is 8.02. The average Bonchev–Trinajstić information content (AvgIpc) is 3.32. The maximum Gasteiger partial charge on any atom is 0.237 e. The first kappa shape index (κ1) is 18.2. The molecule has 2 aromatic rings. The number of carbonyl (C=O) groups excluding carboxylic acids is 1. The van der Waals surface area contributed by atoms with Crippen molar-refractivity contribution >= 4 is 39.8 Å². The molecule has 1 amide bonds. The smallest absolute Gasteiger partial charge is 0.237 e. The summed E-state index contributed by atoms with van der Waals surface area (Å²) in [5.74, 6) is 0.409. The van der Waals surface area contributed by atoms with E-state index in [1.165, 1.54) is 41.5 Å². The van der Waals surface area contributed by atoms with Crippen LogP contribution in [-0.4, -0.2) is 27.4 Å². The fourth-order valence-corrected chi connectivity index (χ4v) is 4.39. The standard InChI is InChI=1S/C18H24N4OS2/c1-4-11(2)14-7-5-6-8-15(14)20-16(23)12(3)24-18-22-21-17(25-18)19-13-9-10-13/h5-8,11-13H,4,9-10H2,1-3H3,(H,19,21)(H,20,23). The van der Waals surface area contributed by atoms with E-state index >= 15 is 0 Å². The Kier molecular flexibility index (Phi) is 5.96. The van der Waals surface area contributed by atoms with Crippen molar-refractivity contribution in [3.05, 3.63) is 29.8 Å². The minimum Gasteiger partial charge on any atom is -0.357 e. The molecule has 2 atom stereocenters. The summed E-state index contributed by atoms with van der Waals surface area (Å²) in [7, 11) is 0. The highest BCUT2D eigenvalue weighted by atomic mass is 32.2. The van der Waals surface area contributed by atoms with Crippen LogP contribution in [0.1, 0.15) is 51.5 Å². The third kappa shape index (κ3) is 4.95. The number of rotatable bonds is 8. The van der Waals surface area contributed by atoms with Gasteiger partial charge in [0, 0.05) is 11.7 Å². The maximum atomic E-state index is 12.6. The van der Waals surface area contributed by atoms with Crippen molar-refractivity contribution in [3.8, 4) is 0 Å². The summed E-state index contributed by atoms with van der Waals surface area (Å²) in [5, 5.41) is 15.3. The molecule has 0 radical (unpaired) electrons. The van der Waals surface area contributed by atoms with Gasteiger partial charge in [0.25, 0.3) is 0 Å².